The van der Waals surface area contributed by atoms with Crippen LogP contribution in [0.1, 0.15) is 78.1 Å². The van der Waals surface area contributed by atoms with Gasteiger partial charge in [-0.3, -0.25) is 0 Å². The molecule has 0 aliphatic carbocycles. The fourth-order valence-electron chi connectivity index (χ4n) is 1.88. The molecule has 0 saturated heterocycles. The molecule has 0 aromatic carbocycles. The number of hydrogen-bond acceptors (Lipinski definition) is 3. The lowest BCUT2D eigenvalue weighted by molar-refractivity contribution is 0.0734. The zero-order chi connectivity index (χ0) is 13.5. The summed E-state index contributed by atoms with van der Waals surface area (Å²) in [5.41, 5.74) is 0. The number of carbonyl (C=O) groups excluding carboxylic acids is 1. The molecule has 3 heteroatoms. The Kier molecular flexibility index (Phi) is 13.8. The first kappa shape index (κ1) is 17.3. The Morgan fingerprint density at radius 1 is 0.889 bits per heavy atom. The van der Waals surface area contributed by atoms with Gasteiger partial charge in [-0.05, 0) is 13.3 Å². The summed E-state index contributed by atoms with van der Waals surface area (Å²) in [6.07, 6.45) is 12.2. The molecular weight excluding hydrogens is 228 g/mol. The second-order valence-corrected chi connectivity index (χ2v) is 4.63. The lowest BCUT2D eigenvalue weighted by Gasteiger charge is -2.04. The van der Waals surface area contributed by atoms with Gasteiger partial charge in [0.2, 0.25) is 0 Å². The molecule has 0 aliphatic rings. The number of carbonyl (C=O) groups is 1. The fourth-order valence-corrected chi connectivity index (χ4v) is 1.88. The predicted octanol–water partition coefficient (Wildman–Crippen LogP) is 5.24. The van der Waals surface area contributed by atoms with Crippen molar-refractivity contribution in [3.05, 3.63) is 6.61 Å². The molecule has 107 valence electrons. The SMILES string of the molecule is C[CH]OC(=O)OCCCCCCCCCCCC. The van der Waals surface area contributed by atoms with Gasteiger partial charge < -0.3 is 9.47 Å². The molecule has 0 unspecified atom stereocenters. The highest BCUT2D eigenvalue weighted by Crippen LogP contribution is 2.10. The van der Waals surface area contributed by atoms with Gasteiger partial charge in [-0.1, -0.05) is 64.7 Å². The highest BCUT2D eigenvalue weighted by molar-refractivity contribution is 5.60. The van der Waals surface area contributed by atoms with E-state index in [1.165, 1.54) is 58.0 Å². The van der Waals surface area contributed by atoms with Crippen molar-refractivity contribution in [1.82, 2.24) is 0 Å². The van der Waals surface area contributed by atoms with Gasteiger partial charge in [-0.2, -0.15) is 0 Å². The average molecular weight is 257 g/mol. The third-order valence-corrected chi connectivity index (χ3v) is 2.93. The Morgan fingerprint density at radius 3 is 1.89 bits per heavy atom. The topological polar surface area (TPSA) is 35.5 Å². The van der Waals surface area contributed by atoms with E-state index in [0.29, 0.717) is 6.61 Å². The van der Waals surface area contributed by atoms with Crippen molar-refractivity contribution in [3.63, 3.8) is 0 Å². The molecule has 0 aromatic rings. The number of rotatable bonds is 12. The second kappa shape index (κ2) is 14.3. The first-order chi connectivity index (χ1) is 8.81. The van der Waals surface area contributed by atoms with Gasteiger partial charge in [-0.15, -0.1) is 0 Å². The first-order valence-electron chi connectivity index (χ1n) is 7.42. The zero-order valence-corrected chi connectivity index (χ0v) is 12.1. The fraction of sp³-hybridized carbons (Fsp3) is 0.867. The minimum absolute atomic E-state index is 0.475. The Bertz CT molecular complexity index is 181. The highest BCUT2D eigenvalue weighted by atomic mass is 16.7. The van der Waals surface area contributed by atoms with Crippen molar-refractivity contribution in [2.45, 2.75) is 78.1 Å². The van der Waals surface area contributed by atoms with E-state index in [0.717, 1.165) is 12.8 Å². The van der Waals surface area contributed by atoms with Crippen molar-refractivity contribution in [2.75, 3.05) is 6.61 Å². The molecule has 0 aliphatic heterocycles. The Hall–Kier alpha value is -0.730. The van der Waals surface area contributed by atoms with Crippen LogP contribution in [0.4, 0.5) is 4.79 Å². The molecule has 0 amide bonds. The van der Waals surface area contributed by atoms with Gasteiger partial charge in [0, 0.05) is 0 Å². The molecule has 1 radical (unpaired) electrons. The first-order valence-corrected chi connectivity index (χ1v) is 7.42. The van der Waals surface area contributed by atoms with Crippen molar-refractivity contribution in [1.29, 1.82) is 0 Å². The minimum Gasteiger partial charge on any atom is -0.434 e. The third kappa shape index (κ3) is 13.3. The van der Waals surface area contributed by atoms with E-state index in [1.54, 1.807) is 6.92 Å². The summed E-state index contributed by atoms with van der Waals surface area (Å²) in [4.78, 5) is 10.8. The zero-order valence-electron chi connectivity index (χ0n) is 12.1. The summed E-state index contributed by atoms with van der Waals surface area (Å²) in [5.74, 6) is 0. The van der Waals surface area contributed by atoms with E-state index in [4.69, 9.17) is 4.74 Å². The van der Waals surface area contributed by atoms with E-state index >= 15 is 0 Å². The molecule has 3 nitrogen and oxygen atoms in total. The molecule has 0 spiro atoms. The lowest BCUT2D eigenvalue weighted by Crippen LogP contribution is -2.05. The maximum absolute atomic E-state index is 10.8. The molecule has 0 bridgehead atoms. The standard InChI is InChI=1S/C15H29O3/c1-3-5-6-7-8-9-10-11-12-13-14-18-15(16)17-4-2/h4H,3,5-14H2,1-2H3. The van der Waals surface area contributed by atoms with Crippen LogP contribution in [0.5, 0.6) is 0 Å². The molecule has 0 rings (SSSR count). The van der Waals surface area contributed by atoms with Crippen molar-refractivity contribution in [2.24, 2.45) is 0 Å². The normalized spacial score (nSPS) is 10.3. The van der Waals surface area contributed by atoms with Gasteiger partial charge in [0.15, 0.2) is 0 Å². The van der Waals surface area contributed by atoms with Crippen LogP contribution in [0.15, 0.2) is 0 Å². The highest BCUT2D eigenvalue weighted by Gasteiger charge is 2.00. The van der Waals surface area contributed by atoms with Gasteiger partial charge >= 0.3 is 6.16 Å². The van der Waals surface area contributed by atoms with Crippen LogP contribution in [0.25, 0.3) is 0 Å². The van der Waals surface area contributed by atoms with E-state index in [-0.39, 0.29) is 0 Å². The van der Waals surface area contributed by atoms with E-state index in [2.05, 4.69) is 11.7 Å². The maximum Gasteiger partial charge on any atom is 0.508 e. The Balaban J connectivity index is 3.01. The largest absolute Gasteiger partial charge is 0.508 e. The van der Waals surface area contributed by atoms with Gasteiger partial charge in [0.05, 0.1) is 6.61 Å². The summed E-state index contributed by atoms with van der Waals surface area (Å²) in [5, 5.41) is 0. The molecule has 0 atom stereocenters. The van der Waals surface area contributed by atoms with Crippen LogP contribution in [-0.4, -0.2) is 12.8 Å². The molecule has 0 fully saturated rings. The van der Waals surface area contributed by atoms with Crippen molar-refractivity contribution >= 4 is 6.16 Å². The van der Waals surface area contributed by atoms with E-state index in [1.807, 2.05) is 0 Å². The van der Waals surface area contributed by atoms with Gasteiger partial charge in [0.25, 0.3) is 0 Å². The van der Waals surface area contributed by atoms with Gasteiger partial charge in [0.1, 0.15) is 6.61 Å². The van der Waals surface area contributed by atoms with Crippen LogP contribution in [0, 0.1) is 6.61 Å². The lowest BCUT2D eigenvalue weighted by atomic mass is 10.1. The average Bonchev–Trinajstić information content (AvgIpc) is 2.36. The molecule has 18 heavy (non-hydrogen) atoms. The number of unbranched alkanes of at least 4 members (excludes halogenated alkanes) is 9. The maximum atomic E-state index is 10.8. The molecule has 0 aromatic heterocycles. The Morgan fingerprint density at radius 2 is 1.39 bits per heavy atom. The molecule has 0 N–H and O–H groups in total. The van der Waals surface area contributed by atoms with E-state index < -0.39 is 6.16 Å². The van der Waals surface area contributed by atoms with Crippen molar-refractivity contribution in [3.8, 4) is 0 Å². The van der Waals surface area contributed by atoms with Crippen LogP contribution in [0.2, 0.25) is 0 Å². The predicted molar refractivity (Wildman–Crippen MR) is 74.3 cm³/mol. The monoisotopic (exact) mass is 257 g/mol. The van der Waals surface area contributed by atoms with Crippen LogP contribution in [-0.2, 0) is 9.47 Å². The molecular formula is C15H29O3. The summed E-state index contributed by atoms with van der Waals surface area (Å²) >= 11 is 0. The quantitative estimate of drug-likeness (QED) is 0.354. The van der Waals surface area contributed by atoms with Crippen molar-refractivity contribution < 1.29 is 14.3 Å². The smallest absolute Gasteiger partial charge is 0.434 e. The summed E-state index contributed by atoms with van der Waals surface area (Å²) in [6, 6.07) is 0. The third-order valence-electron chi connectivity index (χ3n) is 2.93. The van der Waals surface area contributed by atoms with Crippen LogP contribution in [0.3, 0.4) is 0 Å². The Labute approximate surface area is 112 Å². The number of hydrogen-bond donors (Lipinski definition) is 0. The molecule has 0 heterocycles. The van der Waals surface area contributed by atoms with Crippen LogP contribution < -0.4 is 0 Å². The van der Waals surface area contributed by atoms with E-state index in [9.17, 15) is 4.79 Å². The molecule has 0 saturated carbocycles. The summed E-state index contributed by atoms with van der Waals surface area (Å²) < 4.78 is 9.41. The summed E-state index contributed by atoms with van der Waals surface area (Å²) in [6.45, 7) is 5.71. The van der Waals surface area contributed by atoms with Crippen LogP contribution >= 0.6 is 0 Å². The van der Waals surface area contributed by atoms with Gasteiger partial charge in [-0.25, -0.2) is 4.79 Å². The second-order valence-electron chi connectivity index (χ2n) is 4.63. The minimum atomic E-state index is -0.589. The number of ether oxygens (including phenoxy) is 2. The summed E-state index contributed by atoms with van der Waals surface area (Å²) in [7, 11) is 0.